The molecular formula is C23H37N. The first-order valence-electron chi connectivity index (χ1n) is 9.55. The van der Waals surface area contributed by atoms with E-state index >= 15 is 0 Å². The zero-order valence-electron chi connectivity index (χ0n) is 16.8. The summed E-state index contributed by atoms with van der Waals surface area (Å²) in [6, 6.07) is 0. The predicted octanol–water partition coefficient (Wildman–Crippen LogP) is 6.52. The van der Waals surface area contributed by atoms with Crippen LogP contribution in [0.15, 0.2) is 58.2 Å². The summed E-state index contributed by atoms with van der Waals surface area (Å²) in [5, 5.41) is 3.50. The first-order chi connectivity index (χ1) is 11.5. The van der Waals surface area contributed by atoms with Crippen molar-refractivity contribution < 1.29 is 0 Å². The van der Waals surface area contributed by atoms with Gasteiger partial charge in [0.1, 0.15) is 0 Å². The number of hydrogen-bond donors (Lipinski definition) is 1. The maximum Gasteiger partial charge on any atom is -0.00169 e. The molecule has 0 aromatic heterocycles. The second-order valence-corrected chi connectivity index (χ2v) is 7.06. The van der Waals surface area contributed by atoms with Crippen LogP contribution in [0.3, 0.4) is 0 Å². The molecule has 1 nitrogen and oxygen atoms in total. The molecule has 1 heteroatoms. The molecule has 0 aliphatic carbocycles. The van der Waals surface area contributed by atoms with Crippen molar-refractivity contribution in [1.29, 1.82) is 0 Å². The SMILES string of the molecule is C=C\C(=C/C(C(=C\C)/CC1CCNC1)=C(/C)CC)C(CC)=C(C)C. The Hall–Kier alpha value is -1.34. The molecule has 1 aliphatic rings. The van der Waals surface area contributed by atoms with Gasteiger partial charge in [0, 0.05) is 0 Å². The first-order valence-corrected chi connectivity index (χ1v) is 9.55. The fourth-order valence-corrected chi connectivity index (χ4v) is 3.53. The van der Waals surface area contributed by atoms with Crippen molar-refractivity contribution in [1.82, 2.24) is 5.32 Å². The van der Waals surface area contributed by atoms with Gasteiger partial charge < -0.3 is 5.32 Å². The van der Waals surface area contributed by atoms with Gasteiger partial charge >= 0.3 is 0 Å². The van der Waals surface area contributed by atoms with Gasteiger partial charge in [0.2, 0.25) is 0 Å². The Morgan fingerprint density at radius 1 is 1.17 bits per heavy atom. The van der Waals surface area contributed by atoms with Crippen molar-refractivity contribution in [3.63, 3.8) is 0 Å². The van der Waals surface area contributed by atoms with Crippen molar-refractivity contribution in [3.8, 4) is 0 Å². The van der Waals surface area contributed by atoms with Crippen LogP contribution in [0.25, 0.3) is 0 Å². The van der Waals surface area contributed by atoms with E-state index in [1.165, 1.54) is 52.8 Å². The van der Waals surface area contributed by atoms with Crippen LogP contribution in [0, 0.1) is 5.92 Å². The van der Waals surface area contributed by atoms with E-state index in [9.17, 15) is 0 Å². The summed E-state index contributed by atoms with van der Waals surface area (Å²) in [7, 11) is 0. The Morgan fingerprint density at radius 2 is 1.88 bits per heavy atom. The summed E-state index contributed by atoms with van der Waals surface area (Å²) in [6.07, 6.45) is 11.3. The molecule has 24 heavy (non-hydrogen) atoms. The first kappa shape index (κ1) is 20.7. The van der Waals surface area contributed by atoms with Crippen molar-refractivity contribution in [3.05, 3.63) is 58.2 Å². The number of allylic oxidation sites excluding steroid dienone is 9. The third kappa shape index (κ3) is 5.63. The summed E-state index contributed by atoms with van der Waals surface area (Å²) in [5.41, 5.74) is 8.48. The van der Waals surface area contributed by atoms with Crippen LogP contribution in [-0.4, -0.2) is 13.1 Å². The molecule has 1 saturated heterocycles. The second kappa shape index (κ2) is 10.5. The molecule has 1 fully saturated rings. The normalized spacial score (nSPS) is 20.0. The van der Waals surface area contributed by atoms with E-state index in [0.717, 1.165) is 25.3 Å². The van der Waals surface area contributed by atoms with E-state index in [2.05, 4.69) is 65.6 Å². The van der Waals surface area contributed by atoms with Crippen molar-refractivity contribution >= 4 is 0 Å². The molecule has 0 aromatic carbocycles. The van der Waals surface area contributed by atoms with Crippen molar-refractivity contribution in [2.24, 2.45) is 5.92 Å². The lowest BCUT2D eigenvalue weighted by molar-refractivity contribution is 0.579. The summed E-state index contributed by atoms with van der Waals surface area (Å²) in [5.74, 6) is 0.769. The van der Waals surface area contributed by atoms with Gasteiger partial charge in [-0.05, 0) is 101 Å². The van der Waals surface area contributed by atoms with Crippen LogP contribution in [0.2, 0.25) is 0 Å². The average Bonchev–Trinajstić information content (AvgIpc) is 3.08. The van der Waals surface area contributed by atoms with Crippen LogP contribution in [0.4, 0.5) is 0 Å². The Labute approximate surface area is 150 Å². The average molecular weight is 328 g/mol. The highest BCUT2D eigenvalue weighted by molar-refractivity contribution is 5.52. The molecule has 0 saturated carbocycles. The van der Waals surface area contributed by atoms with E-state index in [4.69, 9.17) is 0 Å². The molecule has 0 radical (unpaired) electrons. The van der Waals surface area contributed by atoms with Gasteiger partial charge in [0.05, 0.1) is 0 Å². The molecule has 1 unspecified atom stereocenters. The molecule has 1 atom stereocenters. The summed E-state index contributed by atoms with van der Waals surface area (Å²) < 4.78 is 0. The molecule has 0 amide bonds. The van der Waals surface area contributed by atoms with Gasteiger partial charge in [-0.3, -0.25) is 0 Å². The highest BCUT2D eigenvalue weighted by Crippen LogP contribution is 2.30. The zero-order valence-corrected chi connectivity index (χ0v) is 16.8. The highest BCUT2D eigenvalue weighted by atomic mass is 14.9. The quantitative estimate of drug-likeness (QED) is 0.500. The summed E-state index contributed by atoms with van der Waals surface area (Å²) in [4.78, 5) is 0. The monoisotopic (exact) mass is 327 g/mol. The van der Waals surface area contributed by atoms with Gasteiger partial charge in [0.25, 0.3) is 0 Å². The predicted molar refractivity (Wildman–Crippen MR) is 109 cm³/mol. The highest BCUT2D eigenvalue weighted by Gasteiger charge is 2.18. The van der Waals surface area contributed by atoms with E-state index < -0.39 is 0 Å². The summed E-state index contributed by atoms with van der Waals surface area (Å²) >= 11 is 0. The smallest absolute Gasteiger partial charge is 0.00169 e. The molecular weight excluding hydrogens is 290 g/mol. The third-order valence-corrected chi connectivity index (χ3v) is 5.18. The molecule has 1 heterocycles. The third-order valence-electron chi connectivity index (χ3n) is 5.18. The van der Waals surface area contributed by atoms with E-state index in [1.54, 1.807) is 0 Å². The van der Waals surface area contributed by atoms with Crippen molar-refractivity contribution in [2.45, 2.75) is 67.2 Å². The van der Waals surface area contributed by atoms with Crippen LogP contribution in [-0.2, 0) is 0 Å². The minimum Gasteiger partial charge on any atom is -0.316 e. The molecule has 1 rings (SSSR count). The van der Waals surface area contributed by atoms with Gasteiger partial charge in [-0.2, -0.15) is 0 Å². The standard InChI is InChI=1S/C23H37N/c1-8-18(7)23(15-21(10-3)22(11-4)17(5)6)20(9-2)14-19-12-13-24-16-19/h9-10,15,19,24H,3,8,11-14,16H2,1-2,4-7H3/b20-9-,21-15+,23-18+. The number of nitrogens with one attached hydrogen (secondary N) is 1. The lowest BCUT2D eigenvalue weighted by atomic mass is 9.87. The maximum atomic E-state index is 4.08. The number of hydrogen-bond acceptors (Lipinski definition) is 1. The van der Waals surface area contributed by atoms with E-state index in [0.29, 0.717) is 0 Å². The maximum absolute atomic E-state index is 4.08. The second-order valence-electron chi connectivity index (χ2n) is 7.06. The van der Waals surface area contributed by atoms with Crippen LogP contribution in [0.5, 0.6) is 0 Å². The van der Waals surface area contributed by atoms with Crippen LogP contribution in [0.1, 0.15) is 67.2 Å². The van der Waals surface area contributed by atoms with Gasteiger partial charge in [0.15, 0.2) is 0 Å². The van der Waals surface area contributed by atoms with E-state index in [-0.39, 0.29) is 0 Å². The molecule has 1 N–H and O–H groups in total. The van der Waals surface area contributed by atoms with Gasteiger partial charge in [-0.15, -0.1) is 0 Å². The lowest BCUT2D eigenvalue weighted by Crippen LogP contribution is -2.10. The Morgan fingerprint density at radius 3 is 2.29 bits per heavy atom. The molecule has 1 aliphatic heterocycles. The minimum absolute atomic E-state index is 0.769. The molecule has 0 spiro atoms. The van der Waals surface area contributed by atoms with Crippen molar-refractivity contribution in [2.75, 3.05) is 13.1 Å². The van der Waals surface area contributed by atoms with Crippen LogP contribution >= 0.6 is 0 Å². The largest absolute Gasteiger partial charge is 0.316 e. The fraction of sp³-hybridized carbons (Fsp3) is 0.565. The molecule has 134 valence electrons. The lowest BCUT2D eigenvalue weighted by Gasteiger charge is -2.18. The fourth-order valence-electron chi connectivity index (χ4n) is 3.53. The Bertz CT molecular complexity index is 545. The minimum atomic E-state index is 0.769. The van der Waals surface area contributed by atoms with Gasteiger partial charge in [-0.1, -0.05) is 43.7 Å². The topological polar surface area (TPSA) is 12.0 Å². The van der Waals surface area contributed by atoms with Crippen LogP contribution < -0.4 is 5.32 Å². The molecule has 0 bridgehead atoms. The zero-order chi connectivity index (χ0) is 18.1. The van der Waals surface area contributed by atoms with E-state index in [1.807, 2.05) is 6.08 Å². The summed E-state index contributed by atoms with van der Waals surface area (Å²) in [6.45, 7) is 19.8. The molecule has 0 aromatic rings. The van der Waals surface area contributed by atoms with Gasteiger partial charge in [-0.25, -0.2) is 0 Å². The Kier molecular flexibility index (Phi) is 9.07. The Balaban J connectivity index is 3.28. The number of rotatable bonds is 8.